The van der Waals surface area contributed by atoms with Crippen molar-refractivity contribution < 1.29 is 0 Å². The van der Waals surface area contributed by atoms with E-state index in [9.17, 15) is 0 Å². The summed E-state index contributed by atoms with van der Waals surface area (Å²) in [6.07, 6.45) is 0. The molecule has 0 bridgehead atoms. The van der Waals surface area contributed by atoms with Crippen LogP contribution in [-0.4, -0.2) is 65.0 Å². The Balaban J connectivity index is 4.75. The highest BCUT2D eigenvalue weighted by molar-refractivity contribution is 6.85. The van der Waals surface area contributed by atoms with E-state index in [1.54, 1.807) is 0 Å². The molecule has 1 rings (SSSR count). The van der Waals surface area contributed by atoms with Gasteiger partial charge in [-0.25, -0.2) is 0 Å². The van der Waals surface area contributed by atoms with Gasteiger partial charge in [-0.15, -0.1) is 11.6 Å². The maximum Gasteiger partial charge on any atom is 0.189 e. The Hall–Kier alpha value is 8.99. The standard InChI is InChI=1S/C16Cl31/c17-1-2(18,19)4(22,23)6(26,27)8(30,31)10(34,35)12(38,39)14(42,43)16(46,47)15(44,45)13(40,41)11(36,37)9(32,33)7(28,29)5(24,25)3(1,20)21. The lowest BCUT2D eigenvalue weighted by Gasteiger charge is -2.59. The summed E-state index contributed by atoms with van der Waals surface area (Å²) in [6.45, 7) is 0. The molecule has 31 heteroatoms. The molecule has 47 heavy (non-hydrogen) atoms. The van der Waals surface area contributed by atoms with Crippen molar-refractivity contribution in [3.8, 4) is 0 Å². The molecular weight excluding hydrogens is 1290 g/mol. The minimum Gasteiger partial charge on any atom is -0.110 e. The zero-order valence-corrected chi connectivity index (χ0v) is 43.2. The molecule has 1 radical (unpaired) electrons. The predicted octanol–water partition coefficient (Wildman–Crippen LogP) is 18.4. The first-order chi connectivity index (χ1) is 19.7. The highest BCUT2D eigenvalue weighted by Gasteiger charge is 2.88. The van der Waals surface area contributed by atoms with Gasteiger partial charge in [-0.2, -0.15) is 0 Å². The number of hydrogen-bond donors (Lipinski definition) is 0. The number of rotatable bonds is 0. The van der Waals surface area contributed by atoms with Crippen LogP contribution in [0.2, 0.25) is 0 Å². The first-order valence-corrected chi connectivity index (χ1v) is 21.6. The SMILES string of the molecule is Cl[C]1C(Cl)(Cl)C(Cl)(Cl)C(Cl)(Cl)C(Cl)(Cl)C(Cl)(Cl)C(Cl)(Cl)C(Cl)(Cl)C(Cl)(Cl)C(Cl)(Cl)C(Cl)(Cl)C(Cl)(Cl)C(Cl)(Cl)C(Cl)(Cl)C(Cl)(Cl)C1(Cl)Cl. The second-order valence-electron chi connectivity index (χ2n) is 8.93. The van der Waals surface area contributed by atoms with Crippen molar-refractivity contribution in [1.29, 1.82) is 0 Å². The largest absolute Gasteiger partial charge is 0.189 e. The van der Waals surface area contributed by atoms with Crippen molar-refractivity contribution >= 4 is 360 Å². The van der Waals surface area contributed by atoms with Crippen LogP contribution in [0.25, 0.3) is 0 Å². The van der Waals surface area contributed by atoms with Crippen LogP contribution in [0.5, 0.6) is 0 Å². The van der Waals surface area contributed by atoms with Gasteiger partial charge in [0, 0.05) is 0 Å². The van der Waals surface area contributed by atoms with E-state index >= 15 is 0 Å². The Kier molecular flexibility index (Phi) is 17.7. The molecule has 0 aromatic heterocycles. The van der Waals surface area contributed by atoms with Gasteiger partial charge in [0.25, 0.3) is 0 Å². The molecule has 1 fully saturated rings. The Morgan fingerprint density at radius 3 is 0.362 bits per heavy atom. The highest BCUT2D eigenvalue weighted by atomic mass is 35.6. The number of hydrogen-bond acceptors (Lipinski definition) is 0. The Labute approximate surface area is 423 Å². The first-order valence-electron chi connectivity index (χ1n) is 9.86. The van der Waals surface area contributed by atoms with Crippen molar-refractivity contribution in [2.75, 3.05) is 0 Å². The van der Waals surface area contributed by atoms with Crippen LogP contribution in [0.4, 0.5) is 0 Å². The predicted molar refractivity (Wildman–Crippen MR) is 226 cm³/mol. The fourth-order valence-electron chi connectivity index (χ4n) is 3.04. The normalized spacial score (nSPS) is 33.8. The van der Waals surface area contributed by atoms with Crippen LogP contribution >= 0.6 is 360 Å². The van der Waals surface area contributed by atoms with E-state index in [1.165, 1.54) is 0 Å². The summed E-state index contributed by atoms with van der Waals surface area (Å²) in [7, 11) is 0. The minimum atomic E-state index is -3.53. The fourth-order valence-corrected chi connectivity index (χ4v) is 14.5. The van der Waals surface area contributed by atoms with Crippen molar-refractivity contribution in [1.82, 2.24) is 0 Å². The number of alkyl halides is 30. The second kappa shape index (κ2) is 15.4. The monoisotopic (exact) mass is 1280 g/mol. The minimum absolute atomic E-state index is 1.38. The third-order valence-electron chi connectivity index (χ3n) is 6.07. The van der Waals surface area contributed by atoms with Gasteiger partial charge in [0.05, 0.1) is 0 Å². The lowest BCUT2D eigenvalue weighted by molar-refractivity contribution is 0.388. The molecule has 0 N–H and O–H groups in total. The second-order valence-corrected chi connectivity index (χ2v) is 29.2. The summed E-state index contributed by atoms with van der Waals surface area (Å²) < 4.78 is -52.1. The first kappa shape index (κ1) is 54.0. The lowest BCUT2D eigenvalue weighted by Crippen LogP contribution is -2.76. The van der Waals surface area contributed by atoms with Crippen LogP contribution in [0.1, 0.15) is 0 Å². The summed E-state index contributed by atoms with van der Waals surface area (Å²) in [5.74, 6) is 0. The molecule has 0 saturated heterocycles. The summed E-state index contributed by atoms with van der Waals surface area (Å²) in [6, 6.07) is 0. The molecule has 0 aromatic rings. The molecule has 1 aliphatic rings. The average Bonchev–Trinajstić information content (AvgIpc) is 2.85. The molecule has 0 aromatic carbocycles. The summed E-state index contributed by atoms with van der Waals surface area (Å²) in [5.41, 5.74) is 0. The quantitative estimate of drug-likeness (QED) is 0.212. The van der Waals surface area contributed by atoms with E-state index < -0.39 is 70.4 Å². The van der Waals surface area contributed by atoms with Gasteiger partial charge in [0.2, 0.25) is 0 Å². The van der Waals surface area contributed by atoms with Crippen LogP contribution in [0.3, 0.4) is 0 Å². The van der Waals surface area contributed by atoms with E-state index in [0.717, 1.165) is 0 Å². The van der Waals surface area contributed by atoms with Crippen molar-refractivity contribution in [2.45, 2.75) is 65.0 Å². The summed E-state index contributed by atoms with van der Waals surface area (Å²) >= 11 is 201. The van der Waals surface area contributed by atoms with E-state index in [4.69, 9.17) is 360 Å². The van der Waals surface area contributed by atoms with Gasteiger partial charge in [-0.1, -0.05) is 348 Å². The average molecular weight is 1290 g/mol. The van der Waals surface area contributed by atoms with E-state index in [0.29, 0.717) is 0 Å². The molecule has 0 atom stereocenters. The summed E-state index contributed by atoms with van der Waals surface area (Å²) in [4.78, 5) is 0. The van der Waals surface area contributed by atoms with Gasteiger partial charge in [0.15, 0.2) is 65.0 Å². The van der Waals surface area contributed by atoms with Crippen LogP contribution < -0.4 is 0 Å². The Morgan fingerprint density at radius 1 is 0.170 bits per heavy atom. The van der Waals surface area contributed by atoms with Gasteiger partial charge in [0.1, 0.15) is 5.38 Å². The van der Waals surface area contributed by atoms with Gasteiger partial charge in [-0.05, 0) is 0 Å². The van der Waals surface area contributed by atoms with Gasteiger partial charge in [-0.3, -0.25) is 0 Å². The van der Waals surface area contributed by atoms with Crippen LogP contribution in [-0.2, 0) is 0 Å². The molecule has 0 nitrogen and oxygen atoms in total. The number of halogens is 31. The van der Waals surface area contributed by atoms with Gasteiger partial charge >= 0.3 is 0 Å². The molecule has 0 heterocycles. The Morgan fingerprint density at radius 2 is 0.255 bits per heavy atom. The molecule has 0 spiro atoms. The lowest BCUT2D eigenvalue weighted by atomic mass is 9.94. The van der Waals surface area contributed by atoms with E-state index in [2.05, 4.69) is 0 Å². The Bertz CT molecular complexity index is 1110. The topological polar surface area (TPSA) is 0 Å². The van der Waals surface area contributed by atoms with E-state index in [-0.39, 0.29) is 0 Å². The van der Waals surface area contributed by atoms with Crippen molar-refractivity contribution in [3.05, 3.63) is 5.38 Å². The fraction of sp³-hybridized carbons (Fsp3) is 0.938. The zero-order chi connectivity index (χ0) is 39.1. The maximum atomic E-state index is 6.51. The molecule has 0 aliphatic heterocycles. The third kappa shape index (κ3) is 7.15. The molecule has 1 aliphatic carbocycles. The molecule has 0 unspecified atom stereocenters. The van der Waals surface area contributed by atoms with Crippen molar-refractivity contribution in [2.24, 2.45) is 0 Å². The zero-order valence-electron chi connectivity index (χ0n) is 19.7. The van der Waals surface area contributed by atoms with Crippen LogP contribution in [0.15, 0.2) is 0 Å². The van der Waals surface area contributed by atoms with Gasteiger partial charge < -0.3 is 0 Å². The van der Waals surface area contributed by atoms with E-state index in [1.807, 2.05) is 0 Å². The molecule has 281 valence electrons. The maximum absolute atomic E-state index is 6.51. The van der Waals surface area contributed by atoms with Crippen LogP contribution in [0, 0.1) is 5.38 Å². The van der Waals surface area contributed by atoms with Crippen molar-refractivity contribution in [3.63, 3.8) is 0 Å². The molecule has 1 saturated carbocycles. The smallest absolute Gasteiger partial charge is 0.110 e. The summed E-state index contributed by atoms with van der Waals surface area (Å²) in [5, 5.41) is -1.38. The highest BCUT2D eigenvalue weighted by Crippen LogP contribution is 2.79. The molecule has 0 amide bonds. The third-order valence-corrected chi connectivity index (χ3v) is 29.1. The molecular formula is C16Cl31.